The van der Waals surface area contributed by atoms with Gasteiger partial charge in [0.25, 0.3) is 0 Å². The van der Waals surface area contributed by atoms with Gasteiger partial charge in [0.05, 0.1) is 29.0 Å². The molecule has 0 spiro atoms. The van der Waals surface area contributed by atoms with Crippen molar-refractivity contribution in [3.05, 3.63) is 23.2 Å². The average Bonchev–Trinajstić information content (AvgIpc) is 2.61. The Morgan fingerprint density at radius 3 is 2.80 bits per heavy atom. The number of carbonyl (C=O) groups excluding carboxylic acids is 1. The van der Waals surface area contributed by atoms with Crippen molar-refractivity contribution in [2.24, 2.45) is 5.92 Å². The van der Waals surface area contributed by atoms with Crippen LogP contribution >= 0.6 is 11.6 Å². The maximum atomic E-state index is 12.9. The Balaban J connectivity index is 2.21. The fraction of sp³-hybridized carbons (Fsp3) is 0.588. The molecule has 0 radical (unpaired) electrons. The van der Waals surface area contributed by atoms with Crippen molar-refractivity contribution in [1.82, 2.24) is 4.31 Å². The number of sulfonamides is 1. The topological polar surface area (TPSA) is 72.9 Å². The smallest absolute Gasteiger partial charge is 0.310 e. The molecule has 140 valence electrons. The van der Waals surface area contributed by atoms with E-state index in [9.17, 15) is 13.2 Å². The van der Waals surface area contributed by atoms with Gasteiger partial charge in [-0.25, -0.2) is 8.42 Å². The second kappa shape index (κ2) is 8.87. The SMILES string of the molecule is CCCOc1cc(S(=O)(=O)N2CCC[C@H](C(=O)OCC)C2)ccc1Cl. The number of rotatable bonds is 7. The van der Waals surface area contributed by atoms with Gasteiger partial charge < -0.3 is 9.47 Å². The number of ether oxygens (including phenoxy) is 2. The molecule has 1 aromatic carbocycles. The van der Waals surface area contributed by atoms with Gasteiger partial charge in [0.15, 0.2) is 0 Å². The summed E-state index contributed by atoms with van der Waals surface area (Å²) in [5.74, 6) is -0.416. The van der Waals surface area contributed by atoms with Crippen LogP contribution in [0.4, 0.5) is 0 Å². The highest BCUT2D eigenvalue weighted by atomic mass is 35.5. The van der Waals surface area contributed by atoms with Crippen molar-refractivity contribution in [2.45, 2.75) is 38.0 Å². The van der Waals surface area contributed by atoms with Gasteiger partial charge in [0, 0.05) is 19.2 Å². The highest BCUT2D eigenvalue weighted by molar-refractivity contribution is 7.89. The number of benzene rings is 1. The van der Waals surface area contributed by atoms with Crippen molar-refractivity contribution in [3.8, 4) is 5.75 Å². The normalized spacial score (nSPS) is 18.8. The molecule has 0 aliphatic carbocycles. The van der Waals surface area contributed by atoms with E-state index in [0.717, 1.165) is 6.42 Å². The Hall–Kier alpha value is -1.31. The zero-order valence-corrected chi connectivity index (χ0v) is 16.1. The van der Waals surface area contributed by atoms with E-state index in [0.29, 0.717) is 36.8 Å². The third-order valence-corrected chi connectivity index (χ3v) is 6.18. The van der Waals surface area contributed by atoms with Crippen LogP contribution in [0.3, 0.4) is 0 Å². The van der Waals surface area contributed by atoms with Gasteiger partial charge in [-0.05, 0) is 38.3 Å². The fourth-order valence-electron chi connectivity index (χ4n) is 2.73. The molecule has 6 nitrogen and oxygen atoms in total. The molecule has 1 aliphatic heterocycles. The Morgan fingerprint density at radius 2 is 2.12 bits per heavy atom. The maximum absolute atomic E-state index is 12.9. The van der Waals surface area contributed by atoms with Crippen molar-refractivity contribution in [2.75, 3.05) is 26.3 Å². The Bertz CT molecular complexity index is 707. The molecule has 0 unspecified atom stereocenters. The molecule has 1 saturated heterocycles. The van der Waals surface area contributed by atoms with E-state index in [1.807, 2.05) is 6.92 Å². The number of hydrogen-bond donors (Lipinski definition) is 0. The summed E-state index contributed by atoms with van der Waals surface area (Å²) in [5, 5.41) is 0.371. The van der Waals surface area contributed by atoms with Crippen LogP contribution in [0.5, 0.6) is 5.75 Å². The van der Waals surface area contributed by atoms with Crippen LogP contribution in [0.2, 0.25) is 5.02 Å². The third kappa shape index (κ3) is 4.86. The van der Waals surface area contributed by atoms with Crippen LogP contribution in [0.15, 0.2) is 23.1 Å². The molecule has 1 fully saturated rings. The first-order chi connectivity index (χ1) is 11.9. The summed E-state index contributed by atoms with van der Waals surface area (Å²) in [5.41, 5.74) is 0. The minimum Gasteiger partial charge on any atom is -0.492 e. The van der Waals surface area contributed by atoms with Crippen LogP contribution in [0.25, 0.3) is 0 Å². The summed E-state index contributed by atoms with van der Waals surface area (Å²) in [4.78, 5) is 12.1. The molecule has 0 aromatic heterocycles. The molecule has 0 saturated carbocycles. The number of piperidine rings is 1. The predicted molar refractivity (Wildman–Crippen MR) is 95.4 cm³/mol. The van der Waals surface area contributed by atoms with E-state index in [2.05, 4.69) is 0 Å². The van der Waals surface area contributed by atoms with E-state index in [1.54, 1.807) is 6.92 Å². The lowest BCUT2D eigenvalue weighted by molar-refractivity contribution is -0.149. The van der Waals surface area contributed by atoms with E-state index in [-0.39, 0.29) is 24.0 Å². The first kappa shape index (κ1) is 20.0. The summed E-state index contributed by atoms with van der Waals surface area (Å²) >= 11 is 6.07. The Kier molecular flexibility index (Phi) is 7.10. The van der Waals surface area contributed by atoms with Crippen LogP contribution < -0.4 is 4.74 Å². The number of halogens is 1. The standard InChI is InChI=1S/C17H24ClNO5S/c1-3-10-24-16-11-14(7-8-15(16)18)25(21,22)19-9-5-6-13(12-19)17(20)23-4-2/h7-8,11,13H,3-6,9-10,12H2,1-2H3/t13-/m0/s1. The summed E-state index contributed by atoms with van der Waals surface area (Å²) in [6.07, 6.45) is 2.05. The van der Waals surface area contributed by atoms with Gasteiger partial charge in [-0.1, -0.05) is 18.5 Å². The van der Waals surface area contributed by atoms with E-state index < -0.39 is 15.9 Å². The highest BCUT2D eigenvalue weighted by Crippen LogP contribution is 2.31. The first-order valence-electron chi connectivity index (χ1n) is 8.49. The molecule has 0 N–H and O–H groups in total. The summed E-state index contributed by atoms with van der Waals surface area (Å²) in [7, 11) is -3.72. The number of carbonyl (C=O) groups is 1. The minimum atomic E-state index is -3.72. The molecule has 1 aromatic rings. The number of esters is 1. The van der Waals surface area contributed by atoms with Gasteiger partial charge in [0.1, 0.15) is 5.75 Å². The van der Waals surface area contributed by atoms with Gasteiger partial charge in [-0.15, -0.1) is 0 Å². The summed E-state index contributed by atoms with van der Waals surface area (Å²) in [6, 6.07) is 4.43. The molecule has 1 atom stereocenters. The van der Waals surface area contributed by atoms with Crippen LogP contribution in [-0.2, 0) is 19.6 Å². The van der Waals surface area contributed by atoms with Crippen molar-refractivity contribution >= 4 is 27.6 Å². The second-order valence-corrected chi connectivity index (χ2v) is 8.24. The molecule has 25 heavy (non-hydrogen) atoms. The summed E-state index contributed by atoms with van der Waals surface area (Å²) in [6.45, 7) is 4.95. The van der Waals surface area contributed by atoms with E-state index in [1.165, 1.54) is 22.5 Å². The third-order valence-electron chi connectivity index (χ3n) is 4.01. The van der Waals surface area contributed by atoms with Gasteiger partial charge in [0.2, 0.25) is 10.0 Å². The monoisotopic (exact) mass is 389 g/mol. The van der Waals surface area contributed by atoms with Crippen molar-refractivity contribution < 1.29 is 22.7 Å². The van der Waals surface area contributed by atoms with Crippen LogP contribution in [0, 0.1) is 5.92 Å². The Morgan fingerprint density at radius 1 is 1.36 bits per heavy atom. The largest absolute Gasteiger partial charge is 0.492 e. The van der Waals surface area contributed by atoms with Gasteiger partial charge in [-0.3, -0.25) is 4.79 Å². The van der Waals surface area contributed by atoms with Gasteiger partial charge in [-0.2, -0.15) is 4.31 Å². The second-order valence-electron chi connectivity index (χ2n) is 5.89. The van der Waals surface area contributed by atoms with Crippen LogP contribution in [-0.4, -0.2) is 45.0 Å². The Labute approximate surface area is 154 Å². The average molecular weight is 390 g/mol. The molecular weight excluding hydrogens is 366 g/mol. The molecule has 1 heterocycles. The predicted octanol–water partition coefficient (Wildman–Crippen LogP) is 3.09. The lowest BCUT2D eigenvalue weighted by atomic mass is 10.0. The first-order valence-corrected chi connectivity index (χ1v) is 10.3. The fourth-order valence-corrected chi connectivity index (χ4v) is 4.44. The lowest BCUT2D eigenvalue weighted by Crippen LogP contribution is -2.42. The zero-order valence-electron chi connectivity index (χ0n) is 14.5. The van der Waals surface area contributed by atoms with E-state index in [4.69, 9.17) is 21.1 Å². The molecule has 1 aliphatic rings. The quantitative estimate of drug-likeness (QED) is 0.670. The molecule has 0 amide bonds. The van der Waals surface area contributed by atoms with Crippen LogP contribution in [0.1, 0.15) is 33.1 Å². The molecular formula is C17H24ClNO5S. The minimum absolute atomic E-state index is 0.118. The van der Waals surface area contributed by atoms with Crippen molar-refractivity contribution in [3.63, 3.8) is 0 Å². The molecule has 8 heteroatoms. The maximum Gasteiger partial charge on any atom is 0.310 e. The molecule has 2 rings (SSSR count). The van der Waals surface area contributed by atoms with Gasteiger partial charge >= 0.3 is 5.97 Å². The number of nitrogens with zero attached hydrogens (tertiary/aromatic N) is 1. The number of hydrogen-bond acceptors (Lipinski definition) is 5. The lowest BCUT2D eigenvalue weighted by Gasteiger charge is -2.30. The summed E-state index contributed by atoms with van der Waals surface area (Å²) < 4.78 is 37.7. The van der Waals surface area contributed by atoms with E-state index >= 15 is 0 Å². The molecule has 0 bridgehead atoms. The zero-order chi connectivity index (χ0) is 18.4. The van der Waals surface area contributed by atoms with Crippen molar-refractivity contribution in [1.29, 1.82) is 0 Å². The highest BCUT2D eigenvalue weighted by Gasteiger charge is 2.34.